The van der Waals surface area contributed by atoms with Crippen LogP contribution in [0.2, 0.25) is 0 Å². The highest BCUT2D eigenvalue weighted by atomic mass is 15.3. The van der Waals surface area contributed by atoms with Crippen molar-refractivity contribution in [2.45, 2.75) is 25.8 Å². The second kappa shape index (κ2) is 4.37. The van der Waals surface area contributed by atoms with Gasteiger partial charge >= 0.3 is 0 Å². The predicted octanol–water partition coefficient (Wildman–Crippen LogP) is 0.764. The van der Waals surface area contributed by atoms with E-state index in [9.17, 15) is 0 Å². The van der Waals surface area contributed by atoms with E-state index in [1.807, 2.05) is 4.68 Å². The number of hydrogen-bond acceptors (Lipinski definition) is 3. The van der Waals surface area contributed by atoms with E-state index in [0.29, 0.717) is 0 Å². The lowest BCUT2D eigenvalue weighted by molar-refractivity contribution is 0.218. The Labute approximate surface area is 78.6 Å². The monoisotopic (exact) mass is 180 g/mol. The average Bonchev–Trinajstić information content (AvgIpc) is 2.69. The van der Waals surface area contributed by atoms with E-state index in [4.69, 9.17) is 0 Å². The fraction of sp³-hybridized carbons (Fsp3) is 0.778. The van der Waals surface area contributed by atoms with Crippen molar-refractivity contribution < 1.29 is 0 Å². The van der Waals surface area contributed by atoms with Gasteiger partial charge in [0.25, 0.3) is 0 Å². The normalized spacial score (nSPS) is 19.1. The minimum Gasteiger partial charge on any atom is -0.301 e. The molecule has 0 saturated carbocycles. The fourth-order valence-corrected chi connectivity index (χ4v) is 1.78. The van der Waals surface area contributed by atoms with Gasteiger partial charge in [0.1, 0.15) is 12.7 Å². The molecule has 0 amide bonds. The van der Waals surface area contributed by atoms with Crippen molar-refractivity contribution in [3.8, 4) is 0 Å². The Morgan fingerprint density at radius 1 is 1.08 bits per heavy atom. The number of likely N-dealkylation sites (tertiary alicyclic amines) is 1. The van der Waals surface area contributed by atoms with Gasteiger partial charge in [-0.05, 0) is 25.9 Å². The van der Waals surface area contributed by atoms with Crippen LogP contribution in [0.5, 0.6) is 0 Å². The van der Waals surface area contributed by atoms with Gasteiger partial charge in [-0.3, -0.25) is 4.68 Å². The van der Waals surface area contributed by atoms with Crippen LogP contribution in [0, 0.1) is 0 Å². The Hall–Kier alpha value is -0.900. The predicted molar refractivity (Wildman–Crippen MR) is 50.3 cm³/mol. The molecule has 0 N–H and O–H groups in total. The Balaban J connectivity index is 1.72. The van der Waals surface area contributed by atoms with Crippen LogP contribution in [-0.4, -0.2) is 39.3 Å². The summed E-state index contributed by atoms with van der Waals surface area (Å²) in [6.45, 7) is 4.60. The summed E-state index contributed by atoms with van der Waals surface area (Å²) < 4.78 is 1.90. The molecule has 0 bridgehead atoms. The van der Waals surface area contributed by atoms with Crippen LogP contribution in [0.25, 0.3) is 0 Å². The van der Waals surface area contributed by atoms with E-state index in [2.05, 4.69) is 15.0 Å². The molecule has 0 unspecified atom stereocenters. The van der Waals surface area contributed by atoms with Crippen molar-refractivity contribution in [1.29, 1.82) is 0 Å². The summed E-state index contributed by atoms with van der Waals surface area (Å²) in [5.74, 6) is 0. The standard InChI is InChI=1S/C9H16N4/c1-2-4-12(5-3-1)6-7-13-9-10-8-11-13/h8-9H,1-7H2. The van der Waals surface area contributed by atoms with Crippen LogP contribution in [0.15, 0.2) is 12.7 Å². The van der Waals surface area contributed by atoms with Gasteiger partial charge in [0.15, 0.2) is 0 Å². The van der Waals surface area contributed by atoms with Crippen molar-refractivity contribution in [1.82, 2.24) is 19.7 Å². The first kappa shape index (κ1) is 8.69. The third-order valence-corrected chi connectivity index (χ3v) is 2.56. The molecule has 1 fully saturated rings. The van der Waals surface area contributed by atoms with E-state index < -0.39 is 0 Å². The van der Waals surface area contributed by atoms with Crippen molar-refractivity contribution in [2.24, 2.45) is 0 Å². The van der Waals surface area contributed by atoms with Crippen molar-refractivity contribution in [3.63, 3.8) is 0 Å². The number of nitrogens with zero attached hydrogens (tertiary/aromatic N) is 4. The van der Waals surface area contributed by atoms with E-state index in [1.54, 1.807) is 12.7 Å². The smallest absolute Gasteiger partial charge is 0.137 e. The molecule has 0 atom stereocenters. The van der Waals surface area contributed by atoms with E-state index in [-0.39, 0.29) is 0 Å². The summed E-state index contributed by atoms with van der Waals surface area (Å²) in [5, 5.41) is 4.08. The molecule has 0 spiro atoms. The summed E-state index contributed by atoms with van der Waals surface area (Å²) in [6.07, 6.45) is 7.49. The number of hydrogen-bond donors (Lipinski definition) is 0. The molecule has 1 aromatic rings. The van der Waals surface area contributed by atoms with E-state index >= 15 is 0 Å². The lowest BCUT2D eigenvalue weighted by atomic mass is 10.1. The fourth-order valence-electron chi connectivity index (χ4n) is 1.78. The van der Waals surface area contributed by atoms with Gasteiger partial charge in [0, 0.05) is 6.54 Å². The second-order valence-electron chi connectivity index (χ2n) is 3.56. The second-order valence-corrected chi connectivity index (χ2v) is 3.56. The first-order valence-electron chi connectivity index (χ1n) is 5.00. The maximum Gasteiger partial charge on any atom is 0.137 e. The molecule has 2 rings (SSSR count). The Kier molecular flexibility index (Phi) is 2.92. The Morgan fingerprint density at radius 3 is 2.62 bits per heavy atom. The molecule has 1 saturated heterocycles. The number of piperidine rings is 1. The van der Waals surface area contributed by atoms with Crippen molar-refractivity contribution >= 4 is 0 Å². The van der Waals surface area contributed by atoms with Crippen LogP contribution in [0.4, 0.5) is 0 Å². The largest absolute Gasteiger partial charge is 0.301 e. The van der Waals surface area contributed by atoms with E-state index in [0.717, 1.165) is 13.1 Å². The molecular formula is C9H16N4. The minimum atomic E-state index is 0.972. The SMILES string of the molecule is c1ncn(CCN2CCCCC2)n1. The van der Waals surface area contributed by atoms with Gasteiger partial charge in [0.2, 0.25) is 0 Å². The Morgan fingerprint density at radius 2 is 1.92 bits per heavy atom. The molecule has 1 aliphatic rings. The molecule has 4 nitrogen and oxygen atoms in total. The quantitative estimate of drug-likeness (QED) is 0.688. The average molecular weight is 180 g/mol. The lowest BCUT2D eigenvalue weighted by Gasteiger charge is -2.25. The third kappa shape index (κ3) is 2.52. The first-order valence-corrected chi connectivity index (χ1v) is 5.00. The summed E-state index contributed by atoms with van der Waals surface area (Å²) in [5.41, 5.74) is 0. The molecule has 13 heavy (non-hydrogen) atoms. The topological polar surface area (TPSA) is 34.0 Å². The maximum absolute atomic E-state index is 4.08. The number of aromatic nitrogens is 3. The maximum atomic E-state index is 4.08. The van der Waals surface area contributed by atoms with Gasteiger partial charge in [-0.25, -0.2) is 4.98 Å². The highest BCUT2D eigenvalue weighted by molar-refractivity contribution is 4.65. The molecule has 4 heteroatoms. The molecule has 1 aliphatic heterocycles. The molecule has 72 valence electrons. The van der Waals surface area contributed by atoms with Gasteiger partial charge in [-0.15, -0.1) is 0 Å². The van der Waals surface area contributed by atoms with Gasteiger partial charge < -0.3 is 4.90 Å². The minimum absolute atomic E-state index is 0.972. The first-order chi connectivity index (χ1) is 6.45. The van der Waals surface area contributed by atoms with Crippen LogP contribution in [0.3, 0.4) is 0 Å². The van der Waals surface area contributed by atoms with Gasteiger partial charge in [0.05, 0.1) is 6.54 Å². The molecule has 0 aromatic carbocycles. The zero-order valence-corrected chi connectivity index (χ0v) is 7.89. The third-order valence-electron chi connectivity index (χ3n) is 2.56. The molecule has 1 aromatic heterocycles. The Bertz CT molecular complexity index is 226. The van der Waals surface area contributed by atoms with Gasteiger partial charge in [-0.1, -0.05) is 6.42 Å². The lowest BCUT2D eigenvalue weighted by Crippen LogP contribution is -2.32. The summed E-state index contributed by atoms with van der Waals surface area (Å²) in [6, 6.07) is 0. The van der Waals surface area contributed by atoms with Crippen LogP contribution in [-0.2, 0) is 6.54 Å². The molecule has 2 heterocycles. The molecule has 0 radical (unpaired) electrons. The highest BCUT2D eigenvalue weighted by Gasteiger charge is 2.09. The van der Waals surface area contributed by atoms with Crippen LogP contribution < -0.4 is 0 Å². The van der Waals surface area contributed by atoms with Crippen LogP contribution in [0.1, 0.15) is 19.3 Å². The molecule has 0 aliphatic carbocycles. The van der Waals surface area contributed by atoms with Crippen molar-refractivity contribution in [3.05, 3.63) is 12.7 Å². The van der Waals surface area contributed by atoms with Crippen LogP contribution >= 0.6 is 0 Å². The summed E-state index contributed by atoms with van der Waals surface area (Å²) >= 11 is 0. The zero-order valence-electron chi connectivity index (χ0n) is 7.89. The zero-order chi connectivity index (χ0) is 8.93. The highest BCUT2D eigenvalue weighted by Crippen LogP contribution is 2.07. The van der Waals surface area contributed by atoms with Crippen molar-refractivity contribution in [2.75, 3.05) is 19.6 Å². The van der Waals surface area contributed by atoms with E-state index in [1.165, 1.54) is 32.4 Å². The summed E-state index contributed by atoms with van der Waals surface area (Å²) in [4.78, 5) is 6.42. The summed E-state index contributed by atoms with van der Waals surface area (Å²) in [7, 11) is 0. The molecular weight excluding hydrogens is 164 g/mol. The van der Waals surface area contributed by atoms with Gasteiger partial charge in [-0.2, -0.15) is 5.10 Å². The number of rotatable bonds is 3.